The lowest BCUT2D eigenvalue weighted by Crippen LogP contribution is -2.59. The summed E-state index contributed by atoms with van der Waals surface area (Å²) in [7, 11) is 0. The Balaban J connectivity index is 2.62. The zero-order valence-corrected chi connectivity index (χ0v) is 7.85. The van der Waals surface area contributed by atoms with E-state index in [1.54, 1.807) is 6.07 Å². The molecule has 5 unspecified atom stereocenters. The van der Waals surface area contributed by atoms with E-state index in [9.17, 15) is 15.3 Å². The zero-order valence-electron chi connectivity index (χ0n) is 7.85. The van der Waals surface area contributed by atoms with Crippen molar-refractivity contribution in [3.05, 3.63) is 0 Å². The van der Waals surface area contributed by atoms with Crippen LogP contribution in [0.25, 0.3) is 0 Å². The van der Waals surface area contributed by atoms with Gasteiger partial charge in [0.2, 0.25) is 0 Å². The van der Waals surface area contributed by atoms with Crippen LogP contribution in [0.5, 0.6) is 0 Å². The lowest BCUT2D eigenvalue weighted by Gasteiger charge is -2.39. The van der Waals surface area contributed by atoms with Crippen molar-refractivity contribution in [1.82, 2.24) is 0 Å². The molecule has 1 saturated heterocycles. The highest BCUT2D eigenvalue weighted by molar-refractivity contribution is 4.89. The molecule has 0 saturated carbocycles. The SMILES string of the molecule is N#CCOC1OC(CO)C(O)C(O)C1O. The first-order valence-electron chi connectivity index (χ1n) is 4.41. The summed E-state index contributed by atoms with van der Waals surface area (Å²) in [5, 5.41) is 45.2. The van der Waals surface area contributed by atoms with Crippen LogP contribution >= 0.6 is 0 Å². The van der Waals surface area contributed by atoms with Gasteiger partial charge >= 0.3 is 0 Å². The molecule has 1 fully saturated rings. The maximum absolute atomic E-state index is 9.40. The Bertz CT molecular complexity index is 240. The molecule has 15 heavy (non-hydrogen) atoms. The van der Waals surface area contributed by atoms with E-state index in [-0.39, 0.29) is 6.61 Å². The van der Waals surface area contributed by atoms with E-state index in [4.69, 9.17) is 19.8 Å². The van der Waals surface area contributed by atoms with E-state index in [2.05, 4.69) is 0 Å². The summed E-state index contributed by atoms with van der Waals surface area (Å²) in [6.07, 6.45) is -6.56. The molecule has 0 radical (unpaired) electrons. The Hall–Kier alpha value is -0.750. The predicted octanol–water partition coefficient (Wildman–Crippen LogP) is -2.67. The summed E-state index contributed by atoms with van der Waals surface area (Å²) in [6, 6.07) is 1.67. The van der Waals surface area contributed by atoms with Crippen LogP contribution in [-0.2, 0) is 9.47 Å². The van der Waals surface area contributed by atoms with Crippen molar-refractivity contribution >= 4 is 0 Å². The molecule has 1 rings (SSSR count). The van der Waals surface area contributed by atoms with Crippen molar-refractivity contribution in [1.29, 1.82) is 5.26 Å². The maximum Gasteiger partial charge on any atom is 0.187 e. The van der Waals surface area contributed by atoms with Gasteiger partial charge in [0, 0.05) is 0 Å². The average Bonchev–Trinajstić information content (AvgIpc) is 2.25. The van der Waals surface area contributed by atoms with E-state index in [1.807, 2.05) is 0 Å². The number of rotatable bonds is 3. The maximum atomic E-state index is 9.40. The van der Waals surface area contributed by atoms with E-state index in [1.165, 1.54) is 0 Å². The highest BCUT2D eigenvalue weighted by atomic mass is 16.7. The molecule has 4 N–H and O–H groups in total. The van der Waals surface area contributed by atoms with Crippen LogP contribution in [0.15, 0.2) is 0 Å². The molecule has 1 heterocycles. The third-order valence-corrected chi connectivity index (χ3v) is 2.16. The number of nitriles is 1. The molecular weight excluding hydrogens is 206 g/mol. The fraction of sp³-hybridized carbons (Fsp3) is 0.875. The van der Waals surface area contributed by atoms with Gasteiger partial charge in [0.15, 0.2) is 6.29 Å². The third-order valence-electron chi connectivity index (χ3n) is 2.16. The first kappa shape index (κ1) is 12.3. The second-order valence-corrected chi connectivity index (χ2v) is 3.17. The fourth-order valence-electron chi connectivity index (χ4n) is 1.32. The second-order valence-electron chi connectivity index (χ2n) is 3.17. The number of aliphatic hydroxyl groups is 4. The molecule has 1 aliphatic heterocycles. The summed E-state index contributed by atoms with van der Waals surface area (Å²) in [6.45, 7) is -0.833. The first-order valence-corrected chi connectivity index (χ1v) is 4.41. The van der Waals surface area contributed by atoms with Crippen LogP contribution in [-0.4, -0.2) is 64.3 Å². The van der Waals surface area contributed by atoms with Crippen molar-refractivity contribution in [2.24, 2.45) is 0 Å². The monoisotopic (exact) mass is 219 g/mol. The molecule has 86 valence electrons. The number of ether oxygens (including phenoxy) is 2. The van der Waals surface area contributed by atoms with Crippen molar-refractivity contribution in [3.63, 3.8) is 0 Å². The largest absolute Gasteiger partial charge is 0.394 e. The molecule has 0 bridgehead atoms. The molecule has 0 spiro atoms. The molecule has 7 nitrogen and oxygen atoms in total. The van der Waals surface area contributed by atoms with Gasteiger partial charge in [-0.3, -0.25) is 0 Å². The van der Waals surface area contributed by atoms with Crippen molar-refractivity contribution in [3.8, 4) is 6.07 Å². The zero-order chi connectivity index (χ0) is 11.4. The van der Waals surface area contributed by atoms with Gasteiger partial charge in [-0.05, 0) is 0 Å². The minimum atomic E-state index is -1.47. The van der Waals surface area contributed by atoms with Gasteiger partial charge in [-0.25, -0.2) is 0 Å². The van der Waals surface area contributed by atoms with E-state index >= 15 is 0 Å². The molecule has 0 amide bonds. The first-order chi connectivity index (χ1) is 7.11. The molecule has 0 aromatic carbocycles. The molecule has 0 aromatic rings. The molecule has 1 aliphatic rings. The van der Waals surface area contributed by atoms with Crippen LogP contribution in [0, 0.1) is 11.3 Å². The van der Waals surface area contributed by atoms with Crippen molar-refractivity contribution < 1.29 is 29.9 Å². The van der Waals surface area contributed by atoms with E-state index < -0.39 is 37.3 Å². The third kappa shape index (κ3) is 2.63. The smallest absolute Gasteiger partial charge is 0.187 e. The number of nitrogens with zero attached hydrogens (tertiary/aromatic N) is 1. The molecular formula is C8H13NO6. The lowest BCUT2D eigenvalue weighted by molar-refractivity contribution is -0.298. The van der Waals surface area contributed by atoms with Crippen molar-refractivity contribution in [2.45, 2.75) is 30.7 Å². The second kappa shape index (κ2) is 5.37. The van der Waals surface area contributed by atoms with Crippen LogP contribution in [0.1, 0.15) is 0 Å². The molecule has 0 aliphatic carbocycles. The summed E-state index contributed by atoms with van der Waals surface area (Å²) in [5.74, 6) is 0. The Kier molecular flexibility index (Phi) is 4.41. The number of hydrogen-bond acceptors (Lipinski definition) is 7. The van der Waals surface area contributed by atoms with Gasteiger partial charge < -0.3 is 29.9 Å². The van der Waals surface area contributed by atoms with Gasteiger partial charge in [0.25, 0.3) is 0 Å². The summed E-state index contributed by atoms with van der Waals surface area (Å²) < 4.78 is 9.73. The summed E-state index contributed by atoms with van der Waals surface area (Å²) in [4.78, 5) is 0. The highest BCUT2D eigenvalue weighted by Crippen LogP contribution is 2.21. The van der Waals surface area contributed by atoms with Gasteiger partial charge in [-0.1, -0.05) is 0 Å². The topological polar surface area (TPSA) is 123 Å². The lowest BCUT2D eigenvalue weighted by atomic mass is 9.99. The van der Waals surface area contributed by atoms with Gasteiger partial charge in [0.1, 0.15) is 31.0 Å². The van der Waals surface area contributed by atoms with Crippen molar-refractivity contribution in [2.75, 3.05) is 13.2 Å². The Morgan fingerprint density at radius 2 is 1.87 bits per heavy atom. The van der Waals surface area contributed by atoms with E-state index in [0.29, 0.717) is 0 Å². The average molecular weight is 219 g/mol. The molecule has 0 aromatic heterocycles. The Morgan fingerprint density at radius 1 is 1.20 bits per heavy atom. The normalized spacial score (nSPS) is 41.1. The Labute approximate surface area is 86.1 Å². The minimum Gasteiger partial charge on any atom is -0.394 e. The molecule has 5 atom stereocenters. The summed E-state index contributed by atoms with van der Waals surface area (Å²) in [5.41, 5.74) is 0. The molecule has 7 heteroatoms. The Morgan fingerprint density at radius 3 is 2.40 bits per heavy atom. The number of hydrogen-bond donors (Lipinski definition) is 4. The fourth-order valence-corrected chi connectivity index (χ4v) is 1.32. The number of aliphatic hydroxyl groups excluding tert-OH is 4. The standard InChI is InChI=1S/C8H13NO6/c9-1-2-14-8-7(13)6(12)5(11)4(3-10)15-8/h4-8,10-13H,2-3H2. The van der Waals surface area contributed by atoms with Gasteiger partial charge in [-0.2, -0.15) is 5.26 Å². The van der Waals surface area contributed by atoms with Crippen LogP contribution in [0.2, 0.25) is 0 Å². The summed E-state index contributed by atoms with van der Waals surface area (Å²) >= 11 is 0. The minimum absolute atomic E-state index is 0.317. The van der Waals surface area contributed by atoms with E-state index in [0.717, 1.165) is 0 Å². The quantitative estimate of drug-likeness (QED) is 0.408. The van der Waals surface area contributed by atoms with Crippen LogP contribution in [0.4, 0.5) is 0 Å². The highest BCUT2D eigenvalue weighted by Gasteiger charge is 2.43. The van der Waals surface area contributed by atoms with Gasteiger partial charge in [0.05, 0.1) is 12.7 Å². The van der Waals surface area contributed by atoms with Gasteiger partial charge in [-0.15, -0.1) is 0 Å². The van der Waals surface area contributed by atoms with Crippen LogP contribution < -0.4 is 0 Å². The predicted molar refractivity (Wildman–Crippen MR) is 45.3 cm³/mol. The van der Waals surface area contributed by atoms with Crippen LogP contribution in [0.3, 0.4) is 0 Å².